The van der Waals surface area contributed by atoms with Gasteiger partial charge in [-0.2, -0.15) is 0 Å². The summed E-state index contributed by atoms with van der Waals surface area (Å²) in [5, 5.41) is 6.04. The van der Waals surface area contributed by atoms with Crippen molar-refractivity contribution in [3.05, 3.63) is 52.5 Å². The van der Waals surface area contributed by atoms with Crippen molar-refractivity contribution >= 4 is 52.1 Å². The van der Waals surface area contributed by atoms with Gasteiger partial charge in [0, 0.05) is 30.5 Å². The molecule has 0 saturated heterocycles. The van der Waals surface area contributed by atoms with Crippen LogP contribution in [0.5, 0.6) is 0 Å². The molecule has 2 amide bonds. The normalized spacial score (nSPS) is 10.2. The molecule has 2 rings (SSSR count). The minimum Gasteiger partial charge on any atom is -0.378 e. The molecular formula is C17H17Cl2N3O2. The second-order valence-corrected chi connectivity index (χ2v) is 6.18. The third kappa shape index (κ3) is 5.15. The van der Waals surface area contributed by atoms with Crippen LogP contribution in [-0.2, 0) is 9.59 Å². The minimum atomic E-state index is -0.457. The monoisotopic (exact) mass is 365 g/mol. The Kier molecular flexibility index (Phi) is 6.06. The van der Waals surface area contributed by atoms with Gasteiger partial charge in [-0.1, -0.05) is 23.2 Å². The predicted octanol–water partition coefficient (Wildman–Crippen LogP) is 4.03. The second-order valence-electron chi connectivity index (χ2n) is 5.34. The van der Waals surface area contributed by atoms with E-state index in [1.54, 1.807) is 24.3 Å². The van der Waals surface area contributed by atoms with Gasteiger partial charge in [0.05, 0.1) is 10.7 Å². The molecule has 2 aromatic rings. The van der Waals surface area contributed by atoms with Crippen molar-refractivity contribution < 1.29 is 9.59 Å². The van der Waals surface area contributed by atoms with Crippen molar-refractivity contribution in [3.63, 3.8) is 0 Å². The zero-order valence-corrected chi connectivity index (χ0v) is 14.8. The molecule has 0 aromatic heterocycles. The number of anilines is 3. The van der Waals surface area contributed by atoms with Crippen molar-refractivity contribution in [2.24, 2.45) is 0 Å². The summed E-state index contributed by atoms with van der Waals surface area (Å²) in [7, 11) is 3.86. The Morgan fingerprint density at radius 2 is 1.58 bits per heavy atom. The Balaban J connectivity index is 1.90. The largest absolute Gasteiger partial charge is 0.378 e. The van der Waals surface area contributed by atoms with Crippen molar-refractivity contribution in [3.8, 4) is 0 Å². The smallest absolute Gasteiger partial charge is 0.233 e. The number of nitrogens with one attached hydrogen (secondary N) is 2. The summed E-state index contributed by atoms with van der Waals surface area (Å²) >= 11 is 11.8. The SMILES string of the molecule is CN(C)c1ccc(NC(=O)CC(=O)Nc2ccc(Cl)cc2Cl)cc1. The maximum Gasteiger partial charge on any atom is 0.233 e. The van der Waals surface area contributed by atoms with Gasteiger partial charge in [-0.15, -0.1) is 0 Å². The van der Waals surface area contributed by atoms with Crippen molar-refractivity contribution in [1.82, 2.24) is 0 Å². The van der Waals surface area contributed by atoms with E-state index in [4.69, 9.17) is 23.2 Å². The maximum absolute atomic E-state index is 11.9. The minimum absolute atomic E-state index is 0.311. The molecule has 2 aromatic carbocycles. The molecule has 0 bridgehead atoms. The van der Waals surface area contributed by atoms with Gasteiger partial charge in [0.1, 0.15) is 6.42 Å². The van der Waals surface area contributed by atoms with Crippen LogP contribution in [0.25, 0.3) is 0 Å². The van der Waals surface area contributed by atoms with E-state index in [0.717, 1.165) is 5.69 Å². The van der Waals surface area contributed by atoms with Crippen molar-refractivity contribution in [2.75, 3.05) is 29.6 Å². The first-order chi connectivity index (χ1) is 11.3. The molecule has 24 heavy (non-hydrogen) atoms. The van der Waals surface area contributed by atoms with Gasteiger partial charge in [-0.25, -0.2) is 0 Å². The highest BCUT2D eigenvalue weighted by Crippen LogP contribution is 2.25. The van der Waals surface area contributed by atoms with Crippen LogP contribution < -0.4 is 15.5 Å². The van der Waals surface area contributed by atoms with Crippen molar-refractivity contribution in [1.29, 1.82) is 0 Å². The van der Waals surface area contributed by atoms with E-state index in [1.807, 2.05) is 31.1 Å². The number of rotatable bonds is 5. The fourth-order valence-corrected chi connectivity index (χ4v) is 2.43. The topological polar surface area (TPSA) is 61.4 Å². The lowest BCUT2D eigenvalue weighted by atomic mass is 10.2. The van der Waals surface area contributed by atoms with E-state index in [2.05, 4.69) is 10.6 Å². The van der Waals surface area contributed by atoms with Crippen LogP contribution in [0.15, 0.2) is 42.5 Å². The van der Waals surface area contributed by atoms with Gasteiger partial charge < -0.3 is 15.5 Å². The Hall–Kier alpha value is -2.24. The van der Waals surface area contributed by atoms with Gasteiger partial charge in [0.25, 0.3) is 0 Å². The predicted molar refractivity (Wildman–Crippen MR) is 99.1 cm³/mol. The number of hydrogen-bond acceptors (Lipinski definition) is 3. The van der Waals surface area contributed by atoms with Crippen LogP contribution in [0.1, 0.15) is 6.42 Å². The van der Waals surface area contributed by atoms with Gasteiger partial charge in [-0.3, -0.25) is 9.59 Å². The van der Waals surface area contributed by atoms with E-state index in [-0.39, 0.29) is 6.42 Å². The van der Waals surface area contributed by atoms with Crippen molar-refractivity contribution in [2.45, 2.75) is 6.42 Å². The zero-order chi connectivity index (χ0) is 17.7. The molecule has 126 valence electrons. The summed E-state index contributed by atoms with van der Waals surface area (Å²) in [6.45, 7) is 0. The van der Waals surface area contributed by atoms with Crippen LogP contribution >= 0.6 is 23.2 Å². The molecule has 0 aliphatic rings. The molecule has 0 heterocycles. The highest BCUT2D eigenvalue weighted by atomic mass is 35.5. The van der Waals surface area contributed by atoms with Gasteiger partial charge in [0.15, 0.2) is 0 Å². The molecule has 0 aliphatic heterocycles. The summed E-state index contributed by atoms with van der Waals surface area (Å²) in [5.74, 6) is -0.864. The Bertz CT molecular complexity index is 746. The molecule has 7 heteroatoms. The zero-order valence-electron chi connectivity index (χ0n) is 13.3. The molecule has 0 aliphatic carbocycles. The summed E-state index contributed by atoms with van der Waals surface area (Å²) in [4.78, 5) is 25.8. The van der Waals surface area contributed by atoms with Gasteiger partial charge in [-0.05, 0) is 42.5 Å². The molecule has 0 atom stereocenters. The lowest BCUT2D eigenvalue weighted by molar-refractivity contribution is -0.123. The number of nitrogens with zero attached hydrogens (tertiary/aromatic N) is 1. The molecule has 2 N–H and O–H groups in total. The van der Waals surface area contributed by atoms with E-state index >= 15 is 0 Å². The van der Waals surface area contributed by atoms with E-state index < -0.39 is 11.8 Å². The lowest BCUT2D eigenvalue weighted by Gasteiger charge is -2.13. The fourth-order valence-electron chi connectivity index (χ4n) is 1.98. The highest BCUT2D eigenvalue weighted by molar-refractivity contribution is 6.36. The lowest BCUT2D eigenvalue weighted by Crippen LogP contribution is -2.21. The first-order valence-corrected chi connectivity index (χ1v) is 7.93. The molecule has 5 nitrogen and oxygen atoms in total. The van der Waals surface area contributed by atoms with E-state index in [0.29, 0.717) is 21.4 Å². The number of amides is 2. The summed E-state index contributed by atoms with van der Waals surface area (Å²) in [5.41, 5.74) is 2.06. The third-order valence-corrected chi connectivity index (χ3v) is 3.74. The third-order valence-electron chi connectivity index (χ3n) is 3.19. The molecule has 0 radical (unpaired) electrons. The van der Waals surface area contributed by atoms with E-state index in [9.17, 15) is 9.59 Å². The highest BCUT2D eigenvalue weighted by Gasteiger charge is 2.12. The molecule has 0 spiro atoms. The van der Waals surface area contributed by atoms with Gasteiger partial charge in [0.2, 0.25) is 11.8 Å². The summed E-state index contributed by atoms with van der Waals surface area (Å²) in [6.07, 6.45) is -0.311. The number of carbonyl (C=O) groups excluding carboxylic acids is 2. The molecular weight excluding hydrogens is 349 g/mol. The number of hydrogen-bond donors (Lipinski definition) is 2. The van der Waals surface area contributed by atoms with Crippen LogP contribution in [0.2, 0.25) is 10.0 Å². The number of benzene rings is 2. The quantitative estimate of drug-likeness (QED) is 0.786. The van der Waals surface area contributed by atoms with Gasteiger partial charge >= 0.3 is 0 Å². The molecule has 0 unspecified atom stereocenters. The molecule has 0 fully saturated rings. The van der Waals surface area contributed by atoms with Crippen LogP contribution in [0.3, 0.4) is 0 Å². The maximum atomic E-state index is 11.9. The average Bonchev–Trinajstić information content (AvgIpc) is 2.50. The second kappa shape index (κ2) is 8.04. The standard InChI is InChI=1S/C17H17Cl2N3O2/c1-22(2)13-6-4-12(5-7-13)20-16(23)10-17(24)21-15-8-3-11(18)9-14(15)19/h3-9H,10H2,1-2H3,(H,20,23)(H,21,24). The Morgan fingerprint density at radius 1 is 0.958 bits per heavy atom. The van der Waals surface area contributed by atoms with E-state index in [1.165, 1.54) is 6.07 Å². The average molecular weight is 366 g/mol. The van der Waals surface area contributed by atoms with Crippen LogP contribution in [0.4, 0.5) is 17.1 Å². The summed E-state index contributed by atoms with van der Waals surface area (Å²) in [6, 6.07) is 12.0. The van der Waals surface area contributed by atoms with Crippen LogP contribution in [0, 0.1) is 0 Å². The Labute approximate surface area is 150 Å². The first kappa shape index (κ1) is 18.1. The molecule has 0 saturated carbocycles. The fraction of sp³-hybridized carbons (Fsp3) is 0.176. The van der Waals surface area contributed by atoms with Crippen LogP contribution in [-0.4, -0.2) is 25.9 Å². The Morgan fingerprint density at radius 3 is 2.17 bits per heavy atom. The first-order valence-electron chi connectivity index (χ1n) is 7.17. The number of halogens is 2. The number of carbonyl (C=O) groups is 2. The summed E-state index contributed by atoms with van der Waals surface area (Å²) < 4.78 is 0.